The fraction of sp³-hybridized carbons (Fsp3) is 0.125. The van der Waals surface area contributed by atoms with Gasteiger partial charge in [-0.15, -0.1) is 0 Å². The number of hydrogen-bond donors (Lipinski definition) is 1. The number of rotatable bonds is 2. The van der Waals surface area contributed by atoms with E-state index in [-0.39, 0.29) is 35.1 Å². The van der Waals surface area contributed by atoms with Gasteiger partial charge < -0.3 is 15.0 Å². The van der Waals surface area contributed by atoms with Gasteiger partial charge >= 0.3 is 29.6 Å². The molecule has 0 saturated carbocycles. The second-order valence-electron chi connectivity index (χ2n) is 2.22. The van der Waals surface area contributed by atoms with Gasteiger partial charge in [-0.3, -0.25) is 0 Å². The molecular formula is C8H6FNaO3. The van der Waals surface area contributed by atoms with Gasteiger partial charge in [0.1, 0.15) is 5.82 Å². The Labute approximate surface area is 96.5 Å². The van der Waals surface area contributed by atoms with Crippen molar-refractivity contribution in [1.82, 2.24) is 0 Å². The summed E-state index contributed by atoms with van der Waals surface area (Å²) in [5, 5.41) is 19.0. The predicted octanol–water partition coefficient (Wildman–Crippen LogP) is -3.31. The van der Waals surface area contributed by atoms with Crippen molar-refractivity contribution in [3.8, 4) is 0 Å². The third kappa shape index (κ3) is 2.77. The number of carbonyl (C=O) groups is 1. The molecule has 0 fully saturated rings. The molecule has 5 heteroatoms. The Morgan fingerprint density at radius 2 is 2.15 bits per heavy atom. The second-order valence-corrected chi connectivity index (χ2v) is 2.22. The summed E-state index contributed by atoms with van der Waals surface area (Å²) in [5.41, 5.74) is -0.546. The summed E-state index contributed by atoms with van der Waals surface area (Å²) in [7, 11) is 0. The fourth-order valence-electron chi connectivity index (χ4n) is 0.929. The van der Waals surface area contributed by atoms with Gasteiger partial charge in [0, 0.05) is 5.56 Å². The maximum absolute atomic E-state index is 12.8. The van der Waals surface area contributed by atoms with Crippen molar-refractivity contribution < 1.29 is 49.0 Å². The van der Waals surface area contributed by atoms with Crippen LogP contribution in [0.4, 0.5) is 4.39 Å². The van der Waals surface area contributed by atoms with Crippen molar-refractivity contribution in [2.24, 2.45) is 0 Å². The van der Waals surface area contributed by atoms with Gasteiger partial charge in [0.15, 0.2) is 0 Å². The van der Waals surface area contributed by atoms with Crippen LogP contribution in [0.5, 0.6) is 0 Å². The predicted molar refractivity (Wildman–Crippen MR) is 36.7 cm³/mol. The molecule has 0 saturated heterocycles. The molecule has 64 valence electrons. The summed E-state index contributed by atoms with van der Waals surface area (Å²) in [6, 6.07) is 3.66. The number of hydrogen-bond acceptors (Lipinski definition) is 3. The number of halogens is 1. The van der Waals surface area contributed by atoms with Gasteiger partial charge in [-0.2, -0.15) is 0 Å². The number of carboxylic acids is 1. The quantitative estimate of drug-likeness (QED) is 0.499. The minimum absolute atomic E-state index is 0. The standard InChI is InChI=1S/C8H7FO3.Na/c9-6-3-1-2-5(4-10)7(6)8(11)12;/h1-3,10H,4H2,(H,11,12);/q;+1/p-1. The summed E-state index contributed by atoms with van der Waals surface area (Å²) >= 11 is 0. The molecule has 0 aliphatic heterocycles. The Bertz CT molecular complexity index is 314. The molecule has 1 aromatic rings. The topological polar surface area (TPSA) is 60.4 Å². The molecule has 1 N–H and O–H groups in total. The minimum atomic E-state index is -1.61. The summed E-state index contributed by atoms with van der Waals surface area (Å²) < 4.78 is 12.8. The van der Waals surface area contributed by atoms with Crippen LogP contribution in [0, 0.1) is 5.82 Å². The molecule has 13 heavy (non-hydrogen) atoms. The Balaban J connectivity index is 0.00000144. The number of benzene rings is 1. The first-order chi connectivity index (χ1) is 5.66. The normalized spacial score (nSPS) is 9.08. The maximum Gasteiger partial charge on any atom is 1.00 e. The average Bonchev–Trinajstić information content (AvgIpc) is 2.03. The van der Waals surface area contributed by atoms with E-state index in [1.54, 1.807) is 0 Å². The smallest absolute Gasteiger partial charge is 0.545 e. The Morgan fingerprint density at radius 1 is 1.54 bits per heavy atom. The molecule has 0 aliphatic rings. The van der Waals surface area contributed by atoms with E-state index in [9.17, 15) is 14.3 Å². The number of carboxylic acid groups (broad SMARTS) is 1. The van der Waals surface area contributed by atoms with Crippen molar-refractivity contribution in [2.75, 3.05) is 0 Å². The number of aliphatic hydroxyl groups is 1. The molecule has 0 spiro atoms. The van der Waals surface area contributed by atoms with Crippen molar-refractivity contribution in [2.45, 2.75) is 6.61 Å². The molecule has 0 aromatic heterocycles. The van der Waals surface area contributed by atoms with Crippen molar-refractivity contribution >= 4 is 5.97 Å². The van der Waals surface area contributed by atoms with Gasteiger partial charge in [-0.1, -0.05) is 12.1 Å². The summed E-state index contributed by atoms with van der Waals surface area (Å²) in [5.74, 6) is -2.50. The van der Waals surface area contributed by atoms with Gasteiger partial charge in [0.05, 0.1) is 12.6 Å². The summed E-state index contributed by atoms with van der Waals surface area (Å²) in [6.07, 6.45) is 0. The molecule has 0 unspecified atom stereocenters. The van der Waals surface area contributed by atoms with E-state index in [0.717, 1.165) is 6.07 Å². The van der Waals surface area contributed by atoms with E-state index in [1.165, 1.54) is 12.1 Å². The number of aliphatic hydroxyl groups excluding tert-OH is 1. The second kappa shape index (κ2) is 5.34. The summed E-state index contributed by atoms with van der Waals surface area (Å²) in [4.78, 5) is 10.3. The van der Waals surface area contributed by atoms with Crippen molar-refractivity contribution in [3.05, 3.63) is 35.1 Å². The van der Waals surface area contributed by atoms with Crippen LogP contribution in [-0.2, 0) is 6.61 Å². The molecule has 0 bridgehead atoms. The first-order valence-electron chi connectivity index (χ1n) is 3.26. The largest absolute Gasteiger partial charge is 1.00 e. The fourth-order valence-corrected chi connectivity index (χ4v) is 0.929. The Hall–Kier alpha value is -0.420. The van der Waals surface area contributed by atoms with E-state index >= 15 is 0 Å². The summed E-state index contributed by atoms with van der Waals surface area (Å²) in [6.45, 7) is -0.513. The number of aromatic carboxylic acids is 1. The van der Waals surface area contributed by atoms with Gasteiger partial charge in [-0.05, 0) is 11.6 Å². The molecule has 1 rings (SSSR count). The molecule has 3 nitrogen and oxygen atoms in total. The Morgan fingerprint density at radius 3 is 2.54 bits per heavy atom. The molecular weight excluding hydrogens is 186 g/mol. The first kappa shape index (κ1) is 12.6. The molecule has 0 amide bonds. The zero-order valence-corrected chi connectivity index (χ0v) is 9.08. The van der Waals surface area contributed by atoms with E-state index in [1.807, 2.05) is 0 Å². The van der Waals surface area contributed by atoms with Crippen LogP contribution in [-0.4, -0.2) is 11.1 Å². The third-order valence-corrected chi connectivity index (χ3v) is 1.47. The van der Waals surface area contributed by atoms with E-state index in [4.69, 9.17) is 5.11 Å². The molecule has 0 aliphatic carbocycles. The van der Waals surface area contributed by atoms with Crippen LogP contribution in [0.2, 0.25) is 0 Å². The zero-order valence-electron chi connectivity index (χ0n) is 7.08. The number of carbonyl (C=O) groups excluding carboxylic acids is 1. The van der Waals surface area contributed by atoms with Crippen LogP contribution in [0.25, 0.3) is 0 Å². The Kier molecular flexibility index (Phi) is 5.17. The molecule has 1 aromatic carbocycles. The van der Waals surface area contributed by atoms with E-state index in [2.05, 4.69) is 0 Å². The van der Waals surface area contributed by atoms with Gasteiger partial charge in [0.25, 0.3) is 0 Å². The van der Waals surface area contributed by atoms with E-state index in [0.29, 0.717) is 0 Å². The zero-order chi connectivity index (χ0) is 9.14. The van der Waals surface area contributed by atoms with Crippen LogP contribution in [0.1, 0.15) is 15.9 Å². The minimum Gasteiger partial charge on any atom is -0.545 e. The van der Waals surface area contributed by atoms with E-state index < -0.39 is 24.0 Å². The van der Waals surface area contributed by atoms with Crippen LogP contribution < -0.4 is 34.7 Å². The van der Waals surface area contributed by atoms with Gasteiger partial charge in [0.2, 0.25) is 0 Å². The van der Waals surface area contributed by atoms with Crippen LogP contribution in [0.3, 0.4) is 0 Å². The average molecular weight is 192 g/mol. The first-order valence-corrected chi connectivity index (χ1v) is 3.26. The SMILES string of the molecule is O=C([O-])c1c(F)cccc1CO.[Na+]. The van der Waals surface area contributed by atoms with Gasteiger partial charge in [-0.25, -0.2) is 4.39 Å². The molecule has 0 radical (unpaired) electrons. The van der Waals surface area contributed by atoms with Crippen LogP contribution >= 0.6 is 0 Å². The van der Waals surface area contributed by atoms with Crippen molar-refractivity contribution in [3.63, 3.8) is 0 Å². The third-order valence-electron chi connectivity index (χ3n) is 1.47. The molecule has 0 heterocycles. The molecule has 0 atom stereocenters. The maximum atomic E-state index is 12.8. The van der Waals surface area contributed by atoms with Crippen LogP contribution in [0.15, 0.2) is 18.2 Å². The van der Waals surface area contributed by atoms with Crippen molar-refractivity contribution in [1.29, 1.82) is 0 Å². The monoisotopic (exact) mass is 192 g/mol.